The van der Waals surface area contributed by atoms with Crippen LogP contribution in [0.2, 0.25) is 0 Å². The first-order chi connectivity index (χ1) is 12.9. The Labute approximate surface area is 161 Å². The van der Waals surface area contributed by atoms with E-state index in [4.69, 9.17) is 9.15 Å². The lowest BCUT2D eigenvalue weighted by atomic mass is 10.1. The summed E-state index contributed by atoms with van der Waals surface area (Å²) in [5.74, 6) is 0.276. The zero-order valence-corrected chi connectivity index (χ0v) is 16.3. The fraction of sp³-hybridized carbons (Fsp3) is 0.300. The summed E-state index contributed by atoms with van der Waals surface area (Å²) in [5, 5.41) is 5.77. The first-order valence-electron chi connectivity index (χ1n) is 8.58. The van der Waals surface area contributed by atoms with E-state index in [2.05, 4.69) is 16.3 Å². The first-order valence-corrected chi connectivity index (χ1v) is 9.46. The Morgan fingerprint density at radius 3 is 2.81 bits per heavy atom. The molecule has 1 unspecified atom stereocenters. The first kappa shape index (κ1) is 19.1. The summed E-state index contributed by atoms with van der Waals surface area (Å²) in [4.78, 5) is 26.9. The molecule has 0 bridgehead atoms. The van der Waals surface area contributed by atoms with Crippen LogP contribution in [0.1, 0.15) is 16.5 Å². The van der Waals surface area contributed by atoms with Crippen molar-refractivity contribution >= 4 is 28.2 Å². The van der Waals surface area contributed by atoms with Crippen LogP contribution >= 0.6 is 11.3 Å². The largest absolute Gasteiger partial charge is 0.484 e. The Hall–Kier alpha value is -2.64. The number of nitrogens with one attached hydrogen (secondary N) is 1. The van der Waals surface area contributed by atoms with Crippen LogP contribution in [0.15, 0.2) is 51.0 Å². The molecule has 3 rings (SSSR count). The Morgan fingerprint density at radius 2 is 2.11 bits per heavy atom. The molecular formula is C20H22N2O4S. The van der Waals surface area contributed by atoms with Gasteiger partial charge in [-0.3, -0.25) is 4.79 Å². The van der Waals surface area contributed by atoms with Gasteiger partial charge in [0.2, 0.25) is 0 Å². The third kappa shape index (κ3) is 4.75. The number of carbonyl (C=O) groups is 1. The molecule has 7 heteroatoms. The number of rotatable bonds is 7. The van der Waals surface area contributed by atoms with Gasteiger partial charge < -0.3 is 19.4 Å². The van der Waals surface area contributed by atoms with E-state index in [1.165, 1.54) is 10.9 Å². The Morgan fingerprint density at radius 1 is 1.30 bits per heavy atom. The quantitative estimate of drug-likeness (QED) is 0.632. The predicted octanol–water partition coefficient (Wildman–Crippen LogP) is 2.96. The van der Waals surface area contributed by atoms with Gasteiger partial charge in [0, 0.05) is 28.9 Å². The fourth-order valence-corrected chi connectivity index (χ4v) is 3.75. The molecule has 3 aromatic rings. The second-order valence-electron chi connectivity index (χ2n) is 6.49. The smallest absolute Gasteiger partial charge is 0.336 e. The van der Waals surface area contributed by atoms with Gasteiger partial charge in [0.1, 0.15) is 11.3 Å². The number of ether oxygens (including phenoxy) is 1. The molecule has 0 aliphatic rings. The van der Waals surface area contributed by atoms with Gasteiger partial charge in [0.25, 0.3) is 5.91 Å². The highest BCUT2D eigenvalue weighted by atomic mass is 32.1. The number of nitrogens with zero attached hydrogens (tertiary/aromatic N) is 1. The number of fused-ring (bicyclic) bond motifs is 1. The molecule has 1 aromatic carbocycles. The Balaban J connectivity index is 1.59. The normalized spacial score (nSPS) is 12.3. The SMILES string of the molecule is Cc1cc(=O)oc2cc(OCC(=O)NCC(c3cccs3)N(C)C)ccc12. The highest BCUT2D eigenvalue weighted by Gasteiger charge is 2.16. The van der Waals surface area contributed by atoms with Crippen molar-refractivity contribution in [3.8, 4) is 5.75 Å². The molecule has 2 aromatic heterocycles. The maximum atomic E-state index is 12.2. The van der Waals surface area contributed by atoms with Gasteiger partial charge in [-0.2, -0.15) is 0 Å². The van der Waals surface area contributed by atoms with Crippen LogP contribution in [0.4, 0.5) is 0 Å². The summed E-state index contributed by atoms with van der Waals surface area (Å²) >= 11 is 1.66. The van der Waals surface area contributed by atoms with Gasteiger partial charge >= 0.3 is 5.63 Å². The minimum absolute atomic E-state index is 0.105. The van der Waals surface area contributed by atoms with Crippen molar-refractivity contribution in [2.24, 2.45) is 0 Å². The average molecular weight is 386 g/mol. The van der Waals surface area contributed by atoms with Crippen molar-refractivity contribution in [3.63, 3.8) is 0 Å². The van der Waals surface area contributed by atoms with E-state index in [9.17, 15) is 9.59 Å². The summed E-state index contributed by atoms with van der Waals surface area (Å²) in [6, 6.07) is 10.8. The molecule has 1 N–H and O–H groups in total. The fourth-order valence-electron chi connectivity index (χ4n) is 2.82. The predicted molar refractivity (Wildman–Crippen MR) is 106 cm³/mol. The lowest BCUT2D eigenvalue weighted by molar-refractivity contribution is -0.123. The van der Waals surface area contributed by atoms with Crippen molar-refractivity contribution in [1.82, 2.24) is 10.2 Å². The highest BCUT2D eigenvalue weighted by Crippen LogP contribution is 2.23. The third-order valence-electron chi connectivity index (χ3n) is 4.28. The summed E-state index contributed by atoms with van der Waals surface area (Å²) in [5.41, 5.74) is 0.885. The van der Waals surface area contributed by atoms with Crippen LogP contribution in [-0.2, 0) is 4.79 Å². The molecule has 0 aliphatic carbocycles. The van der Waals surface area contributed by atoms with Gasteiger partial charge in [-0.15, -0.1) is 11.3 Å². The maximum absolute atomic E-state index is 12.2. The second kappa shape index (κ2) is 8.37. The molecule has 0 fully saturated rings. The summed E-state index contributed by atoms with van der Waals surface area (Å²) in [6.07, 6.45) is 0. The Bertz CT molecular complexity index is 979. The van der Waals surface area contributed by atoms with E-state index in [1.54, 1.807) is 23.5 Å². The van der Waals surface area contributed by atoms with Crippen molar-refractivity contribution < 1.29 is 13.9 Å². The maximum Gasteiger partial charge on any atom is 0.336 e. The number of benzene rings is 1. The van der Waals surface area contributed by atoms with Gasteiger partial charge in [0.15, 0.2) is 6.61 Å². The Kier molecular flexibility index (Phi) is 5.93. The van der Waals surface area contributed by atoms with Gasteiger partial charge in [-0.25, -0.2) is 4.79 Å². The molecule has 6 nitrogen and oxygen atoms in total. The van der Waals surface area contributed by atoms with Crippen LogP contribution < -0.4 is 15.7 Å². The minimum Gasteiger partial charge on any atom is -0.484 e. The summed E-state index contributed by atoms with van der Waals surface area (Å²) in [6.45, 7) is 2.25. The lowest BCUT2D eigenvalue weighted by Crippen LogP contribution is -2.36. The van der Waals surface area contributed by atoms with Crippen LogP contribution in [0.25, 0.3) is 11.0 Å². The van der Waals surface area contributed by atoms with Crippen LogP contribution in [-0.4, -0.2) is 38.1 Å². The monoisotopic (exact) mass is 386 g/mol. The van der Waals surface area contributed by atoms with Crippen molar-refractivity contribution in [2.75, 3.05) is 27.2 Å². The zero-order valence-electron chi connectivity index (χ0n) is 15.5. The van der Waals surface area contributed by atoms with Crippen LogP contribution in [0, 0.1) is 6.92 Å². The molecule has 0 radical (unpaired) electrons. The number of aryl methyl sites for hydroxylation is 1. The third-order valence-corrected chi connectivity index (χ3v) is 5.25. The highest BCUT2D eigenvalue weighted by molar-refractivity contribution is 7.10. The molecule has 0 saturated carbocycles. The molecule has 27 heavy (non-hydrogen) atoms. The minimum atomic E-state index is -0.404. The van der Waals surface area contributed by atoms with Gasteiger partial charge in [0.05, 0.1) is 6.04 Å². The number of amides is 1. The summed E-state index contributed by atoms with van der Waals surface area (Å²) in [7, 11) is 3.97. The van der Waals surface area contributed by atoms with Crippen molar-refractivity contribution in [3.05, 3.63) is 62.6 Å². The summed E-state index contributed by atoms with van der Waals surface area (Å²) < 4.78 is 10.8. The van der Waals surface area contributed by atoms with Crippen LogP contribution in [0.3, 0.4) is 0 Å². The van der Waals surface area contributed by atoms with E-state index >= 15 is 0 Å². The molecule has 1 amide bonds. The van der Waals surface area contributed by atoms with Gasteiger partial charge in [-0.05, 0) is 50.2 Å². The lowest BCUT2D eigenvalue weighted by Gasteiger charge is -2.23. The topological polar surface area (TPSA) is 71.8 Å². The zero-order chi connectivity index (χ0) is 19.4. The molecular weight excluding hydrogens is 364 g/mol. The van der Waals surface area contributed by atoms with Crippen LogP contribution in [0.5, 0.6) is 5.75 Å². The van der Waals surface area contributed by atoms with E-state index in [0.29, 0.717) is 17.9 Å². The second-order valence-corrected chi connectivity index (χ2v) is 7.47. The molecule has 0 spiro atoms. The number of hydrogen-bond acceptors (Lipinski definition) is 6. The number of hydrogen-bond donors (Lipinski definition) is 1. The number of carbonyl (C=O) groups excluding carboxylic acids is 1. The van der Waals surface area contributed by atoms with E-state index in [-0.39, 0.29) is 18.6 Å². The standard InChI is InChI=1S/C20H22N2O4S/c1-13-9-20(24)26-17-10-14(6-7-15(13)17)25-12-19(23)21-11-16(22(2)3)18-5-4-8-27-18/h4-10,16H,11-12H2,1-3H3,(H,21,23). The van der Waals surface area contributed by atoms with Crippen molar-refractivity contribution in [1.29, 1.82) is 0 Å². The number of likely N-dealkylation sites (N-methyl/N-ethyl adjacent to an activating group) is 1. The molecule has 0 saturated heterocycles. The molecule has 142 valence electrons. The van der Waals surface area contributed by atoms with Gasteiger partial charge in [-0.1, -0.05) is 6.07 Å². The van der Waals surface area contributed by atoms with E-state index in [1.807, 2.05) is 38.5 Å². The number of thiophene rings is 1. The van der Waals surface area contributed by atoms with E-state index in [0.717, 1.165) is 10.9 Å². The average Bonchev–Trinajstić information content (AvgIpc) is 3.13. The molecule has 0 aliphatic heterocycles. The molecule has 2 heterocycles. The molecule has 1 atom stereocenters. The van der Waals surface area contributed by atoms with E-state index < -0.39 is 5.63 Å². The van der Waals surface area contributed by atoms with Crippen molar-refractivity contribution in [2.45, 2.75) is 13.0 Å².